The van der Waals surface area contributed by atoms with E-state index in [9.17, 15) is 4.79 Å². The van der Waals surface area contributed by atoms with E-state index in [1.54, 1.807) is 11.7 Å². The summed E-state index contributed by atoms with van der Waals surface area (Å²) in [7, 11) is 1.63. The van der Waals surface area contributed by atoms with Gasteiger partial charge in [-0.2, -0.15) is 0 Å². The molecule has 0 atom stereocenters. The molecule has 2 N–H and O–H groups in total. The van der Waals surface area contributed by atoms with Gasteiger partial charge in [-0.05, 0) is 29.3 Å². The SMILES string of the molecule is COc1ccc2c(c1)c(-c1ccccc1)c(-c1ccccc1)n2C(N)=O. The highest BCUT2D eigenvalue weighted by molar-refractivity contribution is 6.09. The van der Waals surface area contributed by atoms with Crippen LogP contribution in [0.1, 0.15) is 0 Å². The molecule has 0 fully saturated rings. The normalized spacial score (nSPS) is 10.8. The van der Waals surface area contributed by atoms with Gasteiger partial charge >= 0.3 is 6.03 Å². The molecule has 26 heavy (non-hydrogen) atoms. The van der Waals surface area contributed by atoms with Crippen LogP contribution in [-0.4, -0.2) is 17.7 Å². The zero-order valence-electron chi connectivity index (χ0n) is 14.3. The zero-order valence-corrected chi connectivity index (χ0v) is 14.3. The number of methoxy groups -OCH3 is 1. The van der Waals surface area contributed by atoms with E-state index in [2.05, 4.69) is 0 Å². The number of fused-ring (bicyclic) bond motifs is 1. The zero-order chi connectivity index (χ0) is 18.1. The molecule has 4 rings (SSSR count). The minimum Gasteiger partial charge on any atom is -0.497 e. The lowest BCUT2D eigenvalue weighted by molar-refractivity contribution is 0.251. The number of carbonyl (C=O) groups is 1. The number of amides is 1. The van der Waals surface area contributed by atoms with Gasteiger partial charge in [0.15, 0.2) is 0 Å². The molecule has 128 valence electrons. The fraction of sp³-hybridized carbons (Fsp3) is 0.0455. The number of rotatable bonds is 3. The van der Waals surface area contributed by atoms with Gasteiger partial charge < -0.3 is 10.5 Å². The molecule has 0 saturated carbocycles. The van der Waals surface area contributed by atoms with Crippen LogP contribution in [0.2, 0.25) is 0 Å². The lowest BCUT2D eigenvalue weighted by Crippen LogP contribution is -2.20. The Morgan fingerprint density at radius 2 is 1.50 bits per heavy atom. The predicted molar refractivity (Wildman–Crippen MR) is 104 cm³/mol. The first kappa shape index (κ1) is 16.0. The first-order valence-electron chi connectivity index (χ1n) is 8.34. The van der Waals surface area contributed by atoms with Crippen LogP contribution in [0.5, 0.6) is 5.75 Å². The summed E-state index contributed by atoms with van der Waals surface area (Å²) in [5, 5.41) is 0.924. The average molecular weight is 342 g/mol. The van der Waals surface area contributed by atoms with Gasteiger partial charge in [-0.3, -0.25) is 4.57 Å². The molecule has 0 unspecified atom stereocenters. The topological polar surface area (TPSA) is 57.2 Å². The Morgan fingerprint density at radius 1 is 0.885 bits per heavy atom. The summed E-state index contributed by atoms with van der Waals surface area (Å²) in [5.74, 6) is 0.732. The van der Waals surface area contributed by atoms with Crippen LogP contribution in [-0.2, 0) is 0 Å². The number of carbonyl (C=O) groups excluding carboxylic acids is 1. The maximum Gasteiger partial charge on any atom is 0.323 e. The second-order valence-corrected chi connectivity index (χ2v) is 6.01. The van der Waals surface area contributed by atoms with E-state index in [0.717, 1.165) is 39.0 Å². The van der Waals surface area contributed by atoms with Gasteiger partial charge in [-0.25, -0.2) is 4.79 Å². The van der Waals surface area contributed by atoms with Gasteiger partial charge in [0.25, 0.3) is 0 Å². The molecule has 0 saturated heterocycles. The maximum absolute atomic E-state index is 12.4. The Hall–Kier alpha value is -3.53. The van der Waals surface area contributed by atoms with Crippen molar-refractivity contribution < 1.29 is 9.53 Å². The third-order valence-electron chi connectivity index (χ3n) is 4.50. The molecule has 0 spiro atoms. The molecule has 0 bridgehead atoms. The molecule has 1 amide bonds. The quantitative estimate of drug-likeness (QED) is 0.575. The predicted octanol–water partition coefficient (Wildman–Crippen LogP) is 4.91. The fourth-order valence-corrected chi connectivity index (χ4v) is 3.39. The third kappa shape index (κ3) is 2.52. The largest absolute Gasteiger partial charge is 0.497 e. The van der Waals surface area contributed by atoms with Gasteiger partial charge in [0.05, 0.1) is 18.3 Å². The first-order chi connectivity index (χ1) is 12.7. The summed E-state index contributed by atoms with van der Waals surface area (Å²) in [6, 6.07) is 25.0. The number of hydrogen-bond acceptors (Lipinski definition) is 2. The van der Waals surface area contributed by atoms with Gasteiger partial charge in [0.1, 0.15) is 5.75 Å². The van der Waals surface area contributed by atoms with Crippen LogP contribution < -0.4 is 10.5 Å². The molecule has 4 nitrogen and oxygen atoms in total. The van der Waals surface area contributed by atoms with Crippen molar-refractivity contribution in [2.75, 3.05) is 7.11 Å². The van der Waals surface area contributed by atoms with Crippen LogP contribution in [0.3, 0.4) is 0 Å². The molecule has 3 aromatic carbocycles. The lowest BCUT2D eigenvalue weighted by atomic mass is 9.98. The van der Waals surface area contributed by atoms with Crippen molar-refractivity contribution in [3.8, 4) is 28.1 Å². The van der Waals surface area contributed by atoms with E-state index >= 15 is 0 Å². The van der Waals surface area contributed by atoms with Crippen LogP contribution in [0.25, 0.3) is 33.3 Å². The summed E-state index contributed by atoms with van der Waals surface area (Å²) < 4.78 is 6.98. The minimum atomic E-state index is -0.513. The summed E-state index contributed by atoms with van der Waals surface area (Å²) in [6.07, 6.45) is 0. The number of benzene rings is 3. The highest BCUT2D eigenvalue weighted by Crippen LogP contribution is 2.41. The number of hydrogen-bond donors (Lipinski definition) is 1. The fourth-order valence-electron chi connectivity index (χ4n) is 3.39. The molecule has 0 aliphatic rings. The van der Waals surface area contributed by atoms with Gasteiger partial charge in [-0.1, -0.05) is 60.7 Å². The van der Waals surface area contributed by atoms with E-state index in [4.69, 9.17) is 10.5 Å². The van der Waals surface area contributed by atoms with E-state index < -0.39 is 6.03 Å². The van der Waals surface area contributed by atoms with Crippen molar-refractivity contribution in [2.24, 2.45) is 5.73 Å². The second-order valence-electron chi connectivity index (χ2n) is 6.01. The monoisotopic (exact) mass is 342 g/mol. The highest BCUT2D eigenvalue weighted by Gasteiger charge is 2.22. The average Bonchev–Trinajstić information content (AvgIpc) is 3.03. The Labute approximate surface area is 151 Å². The maximum atomic E-state index is 12.4. The van der Waals surface area contributed by atoms with Gasteiger partial charge in [0.2, 0.25) is 0 Å². The summed E-state index contributed by atoms with van der Waals surface area (Å²) in [5.41, 5.74) is 10.2. The summed E-state index contributed by atoms with van der Waals surface area (Å²) >= 11 is 0. The number of nitrogens with zero attached hydrogens (tertiary/aromatic N) is 1. The molecular formula is C22H18N2O2. The molecular weight excluding hydrogens is 324 g/mol. The Bertz CT molecular complexity index is 1080. The Kier molecular flexibility index (Phi) is 3.93. The third-order valence-corrected chi connectivity index (χ3v) is 4.50. The van der Waals surface area contributed by atoms with Crippen molar-refractivity contribution in [1.29, 1.82) is 0 Å². The molecule has 4 aromatic rings. The standard InChI is InChI=1S/C22H18N2O2/c1-26-17-12-13-19-18(14-17)20(15-8-4-2-5-9-15)21(24(19)22(23)25)16-10-6-3-7-11-16/h2-14H,1H3,(H2,23,25). The van der Waals surface area contributed by atoms with Crippen LogP contribution >= 0.6 is 0 Å². The van der Waals surface area contributed by atoms with Crippen LogP contribution in [0.4, 0.5) is 4.79 Å². The molecule has 0 aliphatic heterocycles. The summed E-state index contributed by atoms with van der Waals surface area (Å²) in [6.45, 7) is 0. The number of ether oxygens (including phenoxy) is 1. The number of aromatic nitrogens is 1. The summed E-state index contributed by atoms with van der Waals surface area (Å²) in [4.78, 5) is 12.4. The highest BCUT2D eigenvalue weighted by atomic mass is 16.5. The van der Waals surface area contributed by atoms with Crippen LogP contribution in [0, 0.1) is 0 Å². The smallest absolute Gasteiger partial charge is 0.323 e. The van der Waals surface area contributed by atoms with Crippen molar-refractivity contribution >= 4 is 16.9 Å². The minimum absolute atomic E-state index is 0.513. The van der Waals surface area contributed by atoms with Gasteiger partial charge in [-0.15, -0.1) is 0 Å². The first-order valence-corrected chi connectivity index (χ1v) is 8.34. The molecule has 1 aromatic heterocycles. The van der Waals surface area contributed by atoms with E-state index in [1.807, 2.05) is 78.9 Å². The van der Waals surface area contributed by atoms with E-state index in [-0.39, 0.29) is 0 Å². The molecule has 0 aliphatic carbocycles. The van der Waals surface area contributed by atoms with Crippen molar-refractivity contribution in [2.45, 2.75) is 0 Å². The van der Waals surface area contributed by atoms with Gasteiger partial charge in [0, 0.05) is 10.9 Å². The molecule has 1 heterocycles. The number of nitrogens with two attached hydrogens (primary N) is 1. The molecule has 4 heteroatoms. The Morgan fingerprint density at radius 3 is 2.08 bits per heavy atom. The van der Waals surface area contributed by atoms with E-state index in [1.165, 1.54) is 0 Å². The molecule has 0 radical (unpaired) electrons. The lowest BCUT2D eigenvalue weighted by Gasteiger charge is -2.09. The van der Waals surface area contributed by atoms with Crippen molar-refractivity contribution in [3.63, 3.8) is 0 Å². The van der Waals surface area contributed by atoms with Crippen LogP contribution in [0.15, 0.2) is 78.9 Å². The second kappa shape index (κ2) is 6.41. The van der Waals surface area contributed by atoms with Crippen molar-refractivity contribution in [3.05, 3.63) is 78.9 Å². The Balaban J connectivity index is 2.19. The van der Waals surface area contributed by atoms with Crippen molar-refractivity contribution in [1.82, 2.24) is 4.57 Å². The van der Waals surface area contributed by atoms with E-state index in [0.29, 0.717) is 0 Å². The number of primary amides is 1.